The van der Waals surface area contributed by atoms with E-state index in [9.17, 15) is 9.59 Å². The Morgan fingerprint density at radius 2 is 1.94 bits per heavy atom. The summed E-state index contributed by atoms with van der Waals surface area (Å²) in [6.07, 6.45) is 0.340. The van der Waals surface area contributed by atoms with Crippen LogP contribution < -0.4 is 10.6 Å². The van der Waals surface area contributed by atoms with Gasteiger partial charge in [-0.1, -0.05) is 23.7 Å². The minimum Gasteiger partial charge on any atom is -0.450 e. The average molecular weight is 499 g/mol. The first kappa shape index (κ1) is 25.0. The quantitative estimate of drug-likeness (QED) is 0.389. The summed E-state index contributed by atoms with van der Waals surface area (Å²) in [6.45, 7) is 5.17. The molecule has 0 saturated heterocycles. The summed E-state index contributed by atoms with van der Waals surface area (Å²) in [5.41, 5.74) is 4.53. The number of methoxy groups -OCH3 is 1. The Morgan fingerprint density at radius 1 is 1.14 bits per heavy atom. The number of nitrogens with zero attached hydrogens (tertiary/aromatic N) is 1. The summed E-state index contributed by atoms with van der Waals surface area (Å²) >= 11 is 6.26. The Balaban J connectivity index is 1.57. The van der Waals surface area contributed by atoms with Crippen LogP contribution in [0.4, 0.5) is 4.79 Å². The fourth-order valence-corrected chi connectivity index (χ4v) is 4.66. The lowest BCUT2D eigenvalue weighted by molar-refractivity contribution is 0.0926. The van der Waals surface area contributed by atoms with Gasteiger partial charge in [0.25, 0.3) is 5.91 Å². The fourth-order valence-electron chi connectivity index (χ4n) is 4.49. The molecule has 0 fully saturated rings. The number of carbonyl (C=O) groups is 2. The van der Waals surface area contributed by atoms with Gasteiger partial charge in [0, 0.05) is 60.5 Å². The van der Waals surface area contributed by atoms with Crippen LogP contribution in [0, 0.1) is 0 Å². The number of aromatic amines is 1. The molecule has 9 heteroatoms. The molecule has 0 aliphatic carbocycles. The predicted molar refractivity (Wildman–Crippen MR) is 136 cm³/mol. The summed E-state index contributed by atoms with van der Waals surface area (Å²) in [7, 11) is 1.65. The van der Waals surface area contributed by atoms with Crippen molar-refractivity contribution >= 4 is 34.5 Å². The van der Waals surface area contributed by atoms with E-state index in [0.717, 1.165) is 34.3 Å². The highest BCUT2D eigenvalue weighted by Crippen LogP contribution is 2.39. The number of aromatic nitrogens is 1. The molecule has 4 rings (SSSR count). The molecule has 0 radical (unpaired) electrons. The van der Waals surface area contributed by atoms with Gasteiger partial charge in [-0.2, -0.15) is 0 Å². The van der Waals surface area contributed by atoms with E-state index in [2.05, 4.69) is 15.6 Å². The summed E-state index contributed by atoms with van der Waals surface area (Å²) in [6, 6.07) is 12.8. The number of fused-ring (bicyclic) bond motifs is 3. The Morgan fingerprint density at radius 3 is 2.69 bits per heavy atom. The molecule has 1 aliphatic rings. The molecule has 2 aromatic carbocycles. The molecule has 8 nitrogen and oxygen atoms in total. The second-order valence-corrected chi connectivity index (χ2v) is 8.81. The number of H-pyrrole nitrogens is 1. The third-order valence-corrected chi connectivity index (χ3v) is 6.39. The van der Waals surface area contributed by atoms with Crippen molar-refractivity contribution in [2.75, 3.05) is 46.5 Å². The highest BCUT2D eigenvalue weighted by molar-refractivity contribution is 6.31. The first-order chi connectivity index (χ1) is 17.0. The van der Waals surface area contributed by atoms with Crippen LogP contribution in [0.2, 0.25) is 5.02 Å². The SMILES string of the molecule is CCOC(=O)N1CCc2c([nH]c3ccc(Cl)cc23)C1c1ccc(C(=O)NCCNCCOC)cc1. The van der Waals surface area contributed by atoms with Gasteiger partial charge in [-0.15, -0.1) is 0 Å². The van der Waals surface area contributed by atoms with E-state index < -0.39 is 0 Å². The second-order valence-electron chi connectivity index (χ2n) is 8.37. The number of benzene rings is 2. The molecule has 1 aliphatic heterocycles. The smallest absolute Gasteiger partial charge is 0.410 e. The molecular weight excluding hydrogens is 468 g/mol. The molecular formula is C26H31ClN4O4. The van der Waals surface area contributed by atoms with Gasteiger partial charge in [0.2, 0.25) is 0 Å². The zero-order chi connectivity index (χ0) is 24.8. The lowest BCUT2D eigenvalue weighted by atomic mass is 9.92. The van der Waals surface area contributed by atoms with Crippen LogP contribution in [0.1, 0.15) is 40.1 Å². The van der Waals surface area contributed by atoms with Gasteiger partial charge in [-0.25, -0.2) is 4.79 Å². The molecule has 0 saturated carbocycles. The monoisotopic (exact) mass is 498 g/mol. The topological polar surface area (TPSA) is 95.7 Å². The van der Waals surface area contributed by atoms with Crippen molar-refractivity contribution in [3.63, 3.8) is 0 Å². The van der Waals surface area contributed by atoms with Crippen LogP contribution in [0.5, 0.6) is 0 Å². The summed E-state index contributed by atoms with van der Waals surface area (Å²) in [4.78, 5) is 30.6. The van der Waals surface area contributed by atoms with Crippen LogP contribution in [-0.4, -0.2) is 68.4 Å². The molecule has 2 amide bonds. The molecule has 1 unspecified atom stereocenters. The number of ether oxygens (including phenoxy) is 2. The summed E-state index contributed by atoms with van der Waals surface area (Å²) in [5.74, 6) is -0.142. The van der Waals surface area contributed by atoms with Gasteiger partial charge in [0.15, 0.2) is 0 Å². The van der Waals surface area contributed by atoms with E-state index in [1.165, 1.54) is 0 Å². The first-order valence-corrected chi connectivity index (χ1v) is 12.2. The summed E-state index contributed by atoms with van der Waals surface area (Å²) < 4.78 is 10.3. The second kappa shape index (κ2) is 11.6. The Bertz CT molecular complexity index is 1180. The Labute approximate surface area is 209 Å². The summed E-state index contributed by atoms with van der Waals surface area (Å²) in [5, 5.41) is 7.85. The molecule has 1 aromatic heterocycles. The number of hydrogen-bond acceptors (Lipinski definition) is 5. The predicted octanol–water partition coefficient (Wildman–Crippen LogP) is 3.89. The van der Waals surface area contributed by atoms with Crippen LogP contribution in [0.3, 0.4) is 0 Å². The maximum absolute atomic E-state index is 12.8. The van der Waals surface area contributed by atoms with Gasteiger partial charge in [-0.3, -0.25) is 9.69 Å². The number of carbonyl (C=O) groups excluding carboxylic acids is 2. The number of hydrogen-bond donors (Lipinski definition) is 3. The number of rotatable bonds is 9. The molecule has 3 aromatic rings. The standard InChI is InChI=1S/C26H31ClN4O4/c1-3-35-26(33)31-14-10-20-21-16-19(27)8-9-22(21)30-23(20)24(31)17-4-6-18(7-5-17)25(32)29-12-11-28-13-15-34-2/h4-9,16,24,28,30H,3,10-15H2,1-2H3,(H,29,32). The lowest BCUT2D eigenvalue weighted by Crippen LogP contribution is -2.41. The van der Waals surface area contributed by atoms with Crippen molar-refractivity contribution in [2.24, 2.45) is 0 Å². The van der Waals surface area contributed by atoms with Crippen LogP contribution in [-0.2, 0) is 15.9 Å². The van der Waals surface area contributed by atoms with Crippen molar-refractivity contribution in [1.82, 2.24) is 20.5 Å². The third-order valence-electron chi connectivity index (χ3n) is 6.15. The van der Waals surface area contributed by atoms with E-state index in [4.69, 9.17) is 21.1 Å². The van der Waals surface area contributed by atoms with Crippen molar-refractivity contribution in [3.8, 4) is 0 Å². The zero-order valence-corrected chi connectivity index (χ0v) is 20.8. The largest absolute Gasteiger partial charge is 0.450 e. The Hall–Kier alpha value is -3.07. The minimum absolute atomic E-state index is 0.142. The van der Waals surface area contributed by atoms with E-state index in [0.29, 0.717) is 49.9 Å². The van der Waals surface area contributed by atoms with E-state index in [1.54, 1.807) is 31.1 Å². The third kappa shape index (κ3) is 5.61. The van der Waals surface area contributed by atoms with Gasteiger partial charge < -0.3 is 25.1 Å². The molecule has 186 valence electrons. The van der Waals surface area contributed by atoms with Crippen molar-refractivity contribution < 1.29 is 19.1 Å². The van der Waals surface area contributed by atoms with Gasteiger partial charge in [0.1, 0.15) is 6.04 Å². The van der Waals surface area contributed by atoms with Crippen molar-refractivity contribution in [1.29, 1.82) is 0 Å². The molecule has 2 heterocycles. The van der Waals surface area contributed by atoms with Gasteiger partial charge in [-0.05, 0) is 54.8 Å². The van der Waals surface area contributed by atoms with Crippen molar-refractivity contribution in [2.45, 2.75) is 19.4 Å². The van der Waals surface area contributed by atoms with Crippen LogP contribution >= 0.6 is 11.6 Å². The minimum atomic E-state index is -0.359. The zero-order valence-electron chi connectivity index (χ0n) is 20.0. The van der Waals surface area contributed by atoms with Gasteiger partial charge in [0.05, 0.1) is 13.2 Å². The average Bonchev–Trinajstić information content (AvgIpc) is 3.23. The van der Waals surface area contributed by atoms with Crippen LogP contribution in [0.15, 0.2) is 42.5 Å². The van der Waals surface area contributed by atoms with Crippen molar-refractivity contribution in [3.05, 3.63) is 69.9 Å². The molecule has 1 atom stereocenters. The lowest BCUT2D eigenvalue weighted by Gasteiger charge is -2.35. The van der Waals surface area contributed by atoms with Gasteiger partial charge >= 0.3 is 6.09 Å². The molecule has 0 bridgehead atoms. The van der Waals surface area contributed by atoms with E-state index in [-0.39, 0.29) is 18.0 Å². The highest BCUT2D eigenvalue weighted by atomic mass is 35.5. The number of amides is 2. The maximum Gasteiger partial charge on any atom is 0.410 e. The molecule has 3 N–H and O–H groups in total. The normalized spacial score (nSPS) is 15.2. The number of halogens is 1. The molecule has 0 spiro atoms. The number of nitrogens with one attached hydrogen (secondary N) is 3. The first-order valence-electron chi connectivity index (χ1n) is 11.8. The molecule has 35 heavy (non-hydrogen) atoms. The van der Waals surface area contributed by atoms with Crippen LogP contribution in [0.25, 0.3) is 10.9 Å². The highest BCUT2D eigenvalue weighted by Gasteiger charge is 2.35. The maximum atomic E-state index is 12.8. The Kier molecular flexibility index (Phi) is 8.28. The van der Waals surface area contributed by atoms with E-state index >= 15 is 0 Å². The van der Waals surface area contributed by atoms with E-state index in [1.807, 2.05) is 30.3 Å². The fraction of sp³-hybridized carbons (Fsp3) is 0.385.